The van der Waals surface area contributed by atoms with Gasteiger partial charge in [0.15, 0.2) is 0 Å². The number of ether oxygens (including phenoxy) is 1. The van der Waals surface area contributed by atoms with Gasteiger partial charge in [0.05, 0.1) is 18.6 Å². The number of pyridine rings is 1. The molecule has 0 amide bonds. The molecule has 0 aliphatic carbocycles. The van der Waals surface area contributed by atoms with E-state index in [0.717, 1.165) is 17.1 Å². The molecule has 0 bridgehead atoms. The summed E-state index contributed by atoms with van der Waals surface area (Å²) < 4.78 is 5.23. The maximum absolute atomic E-state index is 7.31. The second-order valence-electron chi connectivity index (χ2n) is 4.63. The van der Waals surface area contributed by atoms with Crippen molar-refractivity contribution in [1.82, 2.24) is 9.88 Å². The zero-order chi connectivity index (χ0) is 13.7. The first-order chi connectivity index (χ1) is 8.42. The molecule has 1 heterocycles. The Morgan fingerprint density at radius 2 is 2.22 bits per heavy atom. The van der Waals surface area contributed by atoms with E-state index in [9.17, 15) is 0 Å². The molecular weight excluding hydrogens is 228 g/mol. The quantitative estimate of drug-likeness (QED) is 0.593. The van der Waals surface area contributed by atoms with Gasteiger partial charge in [0.2, 0.25) is 0 Å². The van der Waals surface area contributed by atoms with E-state index in [4.69, 9.17) is 15.9 Å². The lowest BCUT2D eigenvalue weighted by Crippen LogP contribution is -2.32. The van der Waals surface area contributed by atoms with E-state index in [0.29, 0.717) is 13.0 Å². The fraction of sp³-hybridized carbons (Fsp3) is 0.538. The van der Waals surface area contributed by atoms with E-state index in [1.54, 1.807) is 7.11 Å². The summed E-state index contributed by atoms with van der Waals surface area (Å²) in [5.41, 5.74) is 7.32. The summed E-state index contributed by atoms with van der Waals surface area (Å²) in [7, 11) is 3.66. The molecule has 0 saturated heterocycles. The van der Waals surface area contributed by atoms with E-state index >= 15 is 0 Å². The first-order valence-corrected chi connectivity index (χ1v) is 5.97. The van der Waals surface area contributed by atoms with Crippen molar-refractivity contribution in [2.75, 3.05) is 14.2 Å². The van der Waals surface area contributed by atoms with Crippen molar-refractivity contribution in [3.8, 4) is 5.75 Å². The average Bonchev–Trinajstić information content (AvgIpc) is 2.27. The van der Waals surface area contributed by atoms with Gasteiger partial charge < -0.3 is 10.5 Å². The van der Waals surface area contributed by atoms with Crippen LogP contribution >= 0.6 is 0 Å². The molecule has 0 spiro atoms. The molecule has 3 N–H and O–H groups in total. The summed E-state index contributed by atoms with van der Waals surface area (Å²) >= 11 is 0. The van der Waals surface area contributed by atoms with Crippen LogP contribution in [0.3, 0.4) is 0 Å². The van der Waals surface area contributed by atoms with Crippen LogP contribution < -0.4 is 10.5 Å². The Morgan fingerprint density at radius 1 is 1.56 bits per heavy atom. The Balaban J connectivity index is 2.71. The van der Waals surface area contributed by atoms with Gasteiger partial charge in [-0.25, -0.2) is 0 Å². The number of amidine groups is 1. The maximum Gasteiger partial charge on any atom is 0.122 e. The molecule has 1 unspecified atom stereocenters. The number of aromatic nitrogens is 1. The van der Waals surface area contributed by atoms with Gasteiger partial charge in [-0.3, -0.25) is 15.3 Å². The predicted molar refractivity (Wildman–Crippen MR) is 73.0 cm³/mol. The van der Waals surface area contributed by atoms with Crippen LogP contribution in [-0.2, 0) is 6.54 Å². The van der Waals surface area contributed by atoms with Crippen molar-refractivity contribution in [3.05, 3.63) is 23.5 Å². The summed E-state index contributed by atoms with van der Waals surface area (Å²) in [6, 6.07) is 4.06. The molecule has 0 aromatic carbocycles. The Hall–Kier alpha value is -1.62. The molecule has 0 radical (unpaired) electrons. The Kier molecular flexibility index (Phi) is 5.09. The summed E-state index contributed by atoms with van der Waals surface area (Å²) in [6.45, 7) is 4.71. The molecule has 5 heteroatoms. The highest BCUT2D eigenvalue weighted by Crippen LogP contribution is 2.15. The lowest BCUT2D eigenvalue weighted by atomic mass is 10.2. The molecule has 18 heavy (non-hydrogen) atoms. The molecular formula is C13H22N4O. The van der Waals surface area contributed by atoms with Gasteiger partial charge in [-0.15, -0.1) is 0 Å². The molecule has 5 nitrogen and oxygen atoms in total. The summed E-state index contributed by atoms with van der Waals surface area (Å²) in [5, 5.41) is 7.31. The van der Waals surface area contributed by atoms with Crippen molar-refractivity contribution in [1.29, 1.82) is 5.41 Å². The first kappa shape index (κ1) is 14.4. The van der Waals surface area contributed by atoms with E-state index in [2.05, 4.69) is 16.8 Å². The smallest absolute Gasteiger partial charge is 0.122 e. The van der Waals surface area contributed by atoms with Crippen LogP contribution in [-0.4, -0.2) is 35.9 Å². The van der Waals surface area contributed by atoms with Crippen molar-refractivity contribution in [2.24, 2.45) is 5.73 Å². The van der Waals surface area contributed by atoms with Crippen LogP contribution in [0.15, 0.2) is 12.1 Å². The normalized spacial score (nSPS) is 12.5. The third-order valence-corrected chi connectivity index (χ3v) is 2.89. The second kappa shape index (κ2) is 6.35. The predicted octanol–water partition coefficient (Wildman–Crippen LogP) is 1.54. The SMILES string of the molecule is COc1cc(C)nc(CN(C)C(C)CC(=N)N)c1. The maximum atomic E-state index is 7.31. The minimum Gasteiger partial charge on any atom is -0.497 e. The number of nitrogens with zero attached hydrogens (tertiary/aromatic N) is 2. The summed E-state index contributed by atoms with van der Waals surface area (Å²) in [4.78, 5) is 6.60. The Bertz CT molecular complexity index is 419. The third kappa shape index (κ3) is 4.33. The molecule has 0 saturated carbocycles. The molecule has 0 fully saturated rings. The van der Waals surface area contributed by atoms with Gasteiger partial charge in [0.1, 0.15) is 5.75 Å². The first-order valence-electron chi connectivity index (χ1n) is 5.97. The van der Waals surface area contributed by atoms with Crippen LogP contribution in [0, 0.1) is 12.3 Å². The Labute approximate surface area is 108 Å². The fourth-order valence-electron chi connectivity index (χ4n) is 1.79. The third-order valence-electron chi connectivity index (χ3n) is 2.89. The summed E-state index contributed by atoms with van der Waals surface area (Å²) in [6.07, 6.45) is 0.569. The van der Waals surface area contributed by atoms with Crippen LogP contribution in [0.4, 0.5) is 0 Å². The van der Waals surface area contributed by atoms with Gasteiger partial charge in [-0.2, -0.15) is 0 Å². The van der Waals surface area contributed by atoms with Crippen LogP contribution in [0.2, 0.25) is 0 Å². The van der Waals surface area contributed by atoms with Crippen molar-refractivity contribution in [3.63, 3.8) is 0 Å². The molecule has 0 aliphatic heterocycles. The lowest BCUT2D eigenvalue weighted by molar-refractivity contribution is 0.251. The molecule has 1 atom stereocenters. The van der Waals surface area contributed by atoms with Crippen molar-refractivity contribution < 1.29 is 4.74 Å². The average molecular weight is 250 g/mol. The van der Waals surface area contributed by atoms with Gasteiger partial charge in [0.25, 0.3) is 0 Å². The minimum absolute atomic E-state index is 0.212. The fourth-order valence-corrected chi connectivity index (χ4v) is 1.79. The highest BCUT2D eigenvalue weighted by Gasteiger charge is 2.12. The number of hydrogen-bond donors (Lipinski definition) is 2. The van der Waals surface area contributed by atoms with Crippen LogP contribution in [0.1, 0.15) is 24.7 Å². The minimum atomic E-state index is 0.212. The van der Waals surface area contributed by atoms with Crippen molar-refractivity contribution in [2.45, 2.75) is 32.9 Å². The topological polar surface area (TPSA) is 75.2 Å². The van der Waals surface area contributed by atoms with E-state index in [1.165, 1.54) is 0 Å². The monoisotopic (exact) mass is 250 g/mol. The van der Waals surface area contributed by atoms with E-state index < -0.39 is 0 Å². The van der Waals surface area contributed by atoms with Crippen molar-refractivity contribution >= 4 is 5.84 Å². The van der Waals surface area contributed by atoms with Gasteiger partial charge in [-0.1, -0.05) is 0 Å². The molecule has 1 aromatic rings. The van der Waals surface area contributed by atoms with Crippen LogP contribution in [0.5, 0.6) is 5.75 Å². The van der Waals surface area contributed by atoms with Gasteiger partial charge in [-0.05, 0) is 20.9 Å². The van der Waals surface area contributed by atoms with Crippen LogP contribution in [0.25, 0.3) is 0 Å². The molecule has 100 valence electrons. The Morgan fingerprint density at radius 3 is 2.78 bits per heavy atom. The van der Waals surface area contributed by atoms with Gasteiger partial charge in [0, 0.05) is 36.8 Å². The van der Waals surface area contributed by atoms with E-state index in [-0.39, 0.29) is 11.9 Å². The van der Waals surface area contributed by atoms with E-state index in [1.807, 2.05) is 26.1 Å². The molecule has 1 aromatic heterocycles. The molecule has 1 rings (SSSR count). The number of nitrogens with two attached hydrogens (primary N) is 1. The highest BCUT2D eigenvalue weighted by molar-refractivity contribution is 5.77. The molecule has 0 aliphatic rings. The highest BCUT2D eigenvalue weighted by atomic mass is 16.5. The number of nitrogens with one attached hydrogen (secondary N) is 1. The zero-order valence-electron chi connectivity index (χ0n) is 11.5. The number of hydrogen-bond acceptors (Lipinski definition) is 4. The number of aryl methyl sites for hydroxylation is 1. The standard InChI is InChI=1S/C13H22N4O/c1-9-5-12(18-4)7-11(16-9)8-17(3)10(2)6-13(14)15/h5,7,10H,6,8H2,1-4H3,(H3,14,15). The largest absolute Gasteiger partial charge is 0.497 e. The zero-order valence-corrected chi connectivity index (χ0v) is 11.5. The summed E-state index contributed by atoms with van der Waals surface area (Å²) in [5.74, 6) is 1.04. The second-order valence-corrected chi connectivity index (χ2v) is 4.63. The lowest BCUT2D eigenvalue weighted by Gasteiger charge is -2.24. The van der Waals surface area contributed by atoms with Gasteiger partial charge >= 0.3 is 0 Å². The number of rotatable bonds is 6. The number of methoxy groups -OCH3 is 1.